The lowest BCUT2D eigenvalue weighted by Crippen LogP contribution is -2.48. The molecule has 5 atom stereocenters. The summed E-state index contributed by atoms with van der Waals surface area (Å²) in [6.45, 7) is 3.94. The Morgan fingerprint density at radius 3 is 2.32 bits per heavy atom. The number of fused-ring (bicyclic) bond motifs is 5. The topological polar surface area (TPSA) is 66.5 Å². The molecule has 2 aliphatic carbocycles. The van der Waals surface area contributed by atoms with Gasteiger partial charge < -0.3 is 5.32 Å². The zero-order valence-corrected chi connectivity index (χ0v) is 11.1. The molecule has 1 heterocycles. The predicted octanol–water partition coefficient (Wildman–Crippen LogP) is 0.318. The lowest BCUT2D eigenvalue weighted by atomic mass is 9.85. The standard InChI is InChI=1S/C14H18N2O3/c1-3-15-12(17)7(2)16-13(18)10-8-4-5-9(6-8)11(10)14(16)19/h4-5,7-11H,3,6H2,1-2H3,(H,15,17). The highest BCUT2D eigenvalue weighted by Gasteiger charge is 2.60. The van der Waals surface area contributed by atoms with Crippen molar-refractivity contribution in [3.63, 3.8) is 0 Å². The summed E-state index contributed by atoms with van der Waals surface area (Å²) in [6.07, 6.45) is 5.02. The Kier molecular flexibility index (Phi) is 2.73. The average Bonchev–Trinajstić information content (AvgIpc) is 3.03. The second-order valence-electron chi connectivity index (χ2n) is 5.62. The molecule has 0 spiro atoms. The van der Waals surface area contributed by atoms with Gasteiger partial charge in [-0.1, -0.05) is 12.2 Å². The van der Waals surface area contributed by atoms with Gasteiger partial charge in [-0.25, -0.2) is 0 Å². The largest absolute Gasteiger partial charge is 0.355 e. The number of rotatable bonds is 3. The molecule has 5 unspecified atom stereocenters. The molecule has 19 heavy (non-hydrogen) atoms. The van der Waals surface area contributed by atoms with E-state index in [1.165, 1.54) is 4.90 Å². The van der Waals surface area contributed by atoms with Crippen molar-refractivity contribution in [1.29, 1.82) is 0 Å². The second-order valence-corrected chi connectivity index (χ2v) is 5.62. The lowest BCUT2D eigenvalue weighted by Gasteiger charge is -2.23. The first-order valence-corrected chi connectivity index (χ1v) is 6.89. The molecule has 102 valence electrons. The minimum atomic E-state index is -0.704. The minimum absolute atomic E-state index is 0.161. The van der Waals surface area contributed by atoms with Crippen LogP contribution in [0.4, 0.5) is 0 Å². The fourth-order valence-corrected chi connectivity index (χ4v) is 3.75. The maximum atomic E-state index is 12.4. The summed E-state index contributed by atoms with van der Waals surface area (Å²) < 4.78 is 0. The smallest absolute Gasteiger partial charge is 0.243 e. The number of imide groups is 1. The zero-order chi connectivity index (χ0) is 13.7. The van der Waals surface area contributed by atoms with Gasteiger partial charge in [0.25, 0.3) is 0 Å². The molecule has 3 rings (SSSR count). The minimum Gasteiger partial charge on any atom is -0.355 e. The third-order valence-electron chi connectivity index (χ3n) is 4.62. The molecule has 2 bridgehead atoms. The van der Waals surface area contributed by atoms with Gasteiger partial charge in [-0.3, -0.25) is 19.3 Å². The maximum Gasteiger partial charge on any atom is 0.243 e. The Hall–Kier alpha value is -1.65. The van der Waals surface area contributed by atoms with Gasteiger partial charge in [0.1, 0.15) is 6.04 Å². The van der Waals surface area contributed by atoms with Gasteiger partial charge >= 0.3 is 0 Å². The van der Waals surface area contributed by atoms with Crippen LogP contribution in [0.25, 0.3) is 0 Å². The quantitative estimate of drug-likeness (QED) is 0.588. The van der Waals surface area contributed by atoms with Crippen molar-refractivity contribution in [1.82, 2.24) is 10.2 Å². The van der Waals surface area contributed by atoms with Crippen LogP contribution in [0.1, 0.15) is 20.3 Å². The van der Waals surface area contributed by atoms with Gasteiger partial charge in [-0.05, 0) is 32.1 Å². The molecule has 1 N–H and O–H groups in total. The van der Waals surface area contributed by atoms with Gasteiger partial charge in [0.2, 0.25) is 17.7 Å². The molecule has 0 aromatic rings. The van der Waals surface area contributed by atoms with E-state index >= 15 is 0 Å². The Morgan fingerprint density at radius 1 is 1.32 bits per heavy atom. The Bertz CT molecular complexity index is 455. The van der Waals surface area contributed by atoms with Crippen molar-refractivity contribution in [2.75, 3.05) is 6.54 Å². The van der Waals surface area contributed by atoms with Crippen molar-refractivity contribution in [3.05, 3.63) is 12.2 Å². The molecule has 5 nitrogen and oxygen atoms in total. The molecule has 3 aliphatic rings. The van der Waals surface area contributed by atoms with Gasteiger partial charge in [0, 0.05) is 6.54 Å². The van der Waals surface area contributed by atoms with Crippen molar-refractivity contribution in [3.8, 4) is 0 Å². The Morgan fingerprint density at radius 2 is 1.84 bits per heavy atom. The number of likely N-dealkylation sites (tertiary alicyclic amines) is 1. The van der Waals surface area contributed by atoms with E-state index in [9.17, 15) is 14.4 Å². The van der Waals surface area contributed by atoms with E-state index in [1.807, 2.05) is 6.92 Å². The summed E-state index contributed by atoms with van der Waals surface area (Å²) >= 11 is 0. The second kappa shape index (κ2) is 4.18. The number of amides is 3. The van der Waals surface area contributed by atoms with Crippen LogP contribution in [-0.2, 0) is 14.4 Å². The molecule has 0 aromatic carbocycles. The summed E-state index contributed by atoms with van der Waals surface area (Å²) in [4.78, 5) is 37.9. The zero-order valence-electron chi connectivity index (χ0n) is 11.1. The number of nitrogens with one attached hydrogen (secondary N) is 1. The highest BCUT2D eigenvalue weighted by atomic mass is 16.2. The first-order chi connectivity index (χ1) is 9.06. The van der Waals surface area contributed by atoms with Gasteiger partial charge in [0.15, 0.2) is 0 Å². The van der Waals surface area contributed by atoms with Crippen LogP contribution in [0.3, 0.4) is 0 Å². The van der Waals surface area contributed by atoms with Gasteiger partial charge in [-0.2, -0.15) is 0 Å². The van der Waals surface area contributed by atoms with E-state index in [4.69, 9.17) is 0 Å². The number of carbonyl (C=O) groups is 3. The molecule has 1 saturated heterocycles. The van der Waals surface area contributed by atoms with Gasteiger partial charge in [-0.15, -0.1) is 0 Å². The third-order valence-corrected chi connectivity index (χ3v) is 4.62. The van der Waals surface area contributed by atoms with E-state index in [1.54, 1.807) is 6.92 Å². The van der Waals surface area contributed by atoms with Crippen LogP contribution in [0, 0.1) is 23.7 Å². The lowest BCUT2D eigenvalue weighted by molar-refractivity contribution is -0.148. The van der Waals surface area contributed by atoms with Crippen LogP contribution < -0.4 is 5.32 Å². The predicted molar refractivity (Wildman–Crippen MR) is 67.7 cm³/mol. The SMILES string of the molecule is CCNC(=O)C(C)N1C(=O)C2C3C=CC(C3)C2C1=O. The first-order valence-electron chi connectivity index (χ1n) is 6.89. The normalized spacial score (nSPS) is 36.8. The summed E-state index contributed by atoms with van der Waals surface area (Å²) in [5, 5.41) is 2.67. The van der Waals surface area contributed by atoms with Crippen LogP contribution in [0.2, 0.25) is 0 Å². The van der Waals surface area contributed by atoms with Crippen molar-refractivity contribution in [2.45, 2.75) is 26.3 Å². The molecular weight excluding hydrogens is 244 g/mol. The van der Waals surface area contributed by atoms with E-state index in [2.05, 4.69) is 17.5 Å². The molecule has 0 radical (unpaired) electrons. The van der Waals surface area contributed by atoms with Gasteiger partial charge in [0.05, 0.1) is 11.8 Å². The number of allylic oxidation sites excluding steroid dienone is 2. The summed E-state index contributed by atoms with van der Waals surface area (Å²) in [5.41, 5.74) is 0. The van der Waals surface area contributed by atoms with Crippen LogP contribution in [0.15, 0.2) is 12.2 Å². The van der Waals surface area contributed by atoms with Crippen LogP contribution >= 0.6 is 0 Å². The van der Waals surface area contributed by atoms with Crippen LogP contribution in [-0.4, -0.2) is 35.2 Å². The number of nitrogens with zero attached hydrogens (tertiary/aromatic N) is 1. The molecule has 5 heteroatoms. The summed E-state index contributed by atoms with van der Waals surface area (Å²) in [5.74, 6) is -0.643. The fraction of sp³-hybridized carbons (Fsp3) is 0.643. The molecule has 0 aromatic heterocycles. The van der Waals surface area contributed by atoms with Crippen molar-refractivity contribution >= 4 is 17.7 Å². The summed E-state index contributed by atoms with van der Waals surface area (Å²) in [7, 11) is 0. The average molecular weight is 262 g/mol. The van der Waals surface area contributed by atoms with Crippen molar-refractivity contribution < 1.29 is 14.4 Å². The molecule has 2 fully saturated rings. The third kappa shape index (κ3) is 1.57. The monoisotopic (exact) mass is 262 g/mol. The number of hydrogen-bond donors (Lipinski definition) is 1. The summed E-state index contributed by atoms with van der Waals surface area (Å²) in [6, 6.07) is -0.704. The number of likely N-dealkylation sites (N-methyl/N-ethyl adjacent to an activating group) is 1. The number of hydrogen-bond acceptors (Lipinski definition) is 3. The molecule has 3 amide bonds. The molecule has 1 saturated carbocycles. The van der Waals surface area contributed by atoms with E-state index in [0.717, 1.165) is 6.42 Å². The fourth-order valence-electron chi connectivity index (χ4n) is 3.75. The van der Waals surface area contributed by atoms with Crippen LogP contribution in [0.5, 0.6) is 0 Å². The Balaban J connectivity index is 1.84. The van der Waals surface area contributed by atoms with Crippen molar-refractivity contribution in [2.24, 2.45) is 23.7 Å². The maximum absolute atomic E-state index is 12.4. The molecule has 1 aliphatic heterocycles. The first kappa shape index (κ1) is 12.4. The highest BCUT2D eigenvalue weighted by Crippen LogP contribution is 2.52. The van der Waals surface area contributed by atoms with E-state index in [-0.39, 0.29) is 41.4 Å². The van der Waals surface area contributed by atoms with E-state index < -0.39 is 6.04 Å². The Labute approximate surface area is 112 Å². The molecular formula is C14H18N2O3. The number of carbonyl (C=O) groups excluding carboxylic acids is 3. The highest BCUT2D eigenvalue weighted by molar-refractivity contribution is 6.09. The van der Waals surface area contributed by atoms with E-state index in [0.29, 0.717) is 6.54 Å².